The fourth-order valence-corrected chi connectivity index (χ4v) is 2.06. The Labute approximate surface area is 131 Å². The summed E-state index contributed by atoms with van der Waals surface area (Å²) in [5.74, 6) is 0.721. The molecule has 0 aliphatic heterocycles. The summed E-state index contributed by atoms with van der Waals surface area (Å²) >= 11 is 5.87. The molecule has 0 aliphatic rings. The van der Waals surface area contributed by atoms with Crippen molar-refractivity contribution in [1.29, 1.82) is 0 Å². The van der Waals surface area contributed by atoms with Gasteiger partial charge in [0, 0.05) is 10.6 Å². The third-order valence-corrected chi connectivity index (χ3v) is 3.13. The van der Waals surface area contributed by atoms with Gasteiger partial charge in [-0.3, -0.25) is 0 Å². The van der Waals surface area contributed by atoms with Gasteiger partial charge < -0.3 is 4.74 Å². The maximum absolute atomic E-state index is 13.2. The number of rotatable bonds is 5. The van der Waals surface area contributed by atoms with E-state index < -0.39 is 0 Å². The zero-order chi connectivity index (χ0) is 15.4. The van der Waals surface area contributed by atoms with E-state index in [-0.39, 0.29) is 5.82 Å². The van der Waals surface area contributed by atoms with E-state index in [2.05, 4.69) is 15.4 Å². The summed E-state index contributed by atoms with van der Waals surface area (Å²) in [6, 6.07) is 13.2. The van der Waals surface area contributed by atoms with Gasteiger partial charge in [0.15, 0.2) is 0 Å². The highest BCUT2D eigenvalue weighted by molar-refractivity contribution is 6.30. The Bertz CT molecular complexity index is 777. The lowest BCUT2D eigenvalue weighted by molar-refractivity contribution is 0.280. The van der Waals surface area contributed by atoms with Gasteiger partial charge in [-0.2, -0.15) is 4.80 Å². The van der Waals surface area contributed by atoms with Crippen LogP contribution in [0.1, 0.15) is 0 Å². The first-order valence-electron chi connectivity index (χ1n) is 6.63. The summed E-state index contributed by atoms with van der Waals surface area (Å²) in [6.07, 6.45) is 0. The van der Waals surface area contributed by atoms with E-state index in [1.807, 2.05) is 12.1 Å². The van der Waals surface area contributed by atoms with E-state index >= 15 is 0 Å². The molecule has 112 valence electrons. The standard InChI is InChI=1S/C15H12ClFN4O/c16-12-4-2-6-14(10-12)22-8-7-21-19-15(18-20-21)11-3-1-5-13(17)9-11/h1-6,9-10H,7-8H2. The number of hydrogen-bond acceptors (Lipinski definition) is 4. The number of halogens is 2. The van der Waals surface area contributed by atoms with E-state index in [1.54, 1.807) is 24.3 Å². The molecule has 0 amide bonds. The minimum atomic E-state index is -0.335. The molecule has 0 fully saturated rings. The lowest BCUT2D eigenvalue weighted by Crippen LogP contribution is -2.11. The van der Waals surface area contributed by atoms with Crippen LogP contribution in [-0.2, 0) is 6.54 Å². The van der Waals surface area contributed by atoms with Gasteiger partial charge in [-0.05, 0) is 35.5 Å². The molecule has 0 atom stereocenters. The molecule has 0 N–H and O–H groups in total. The van der Waals surface area contributed by atoms with Crippen molar-refractivity contribution in [2.75, 3.05) is 6.61 Å². The molecule has 1 aromatic heterocycles. The average Bonchev–Trinajstić information content (AvgIpc) is 2.96. The third-order valence-electron chi connectivity index (χ3n) is 2.89. The predicted octanol–water partition coefficient (Wildman–Crippen LogP) is 3.21. The largest absolute Gasteiger partial charge is 0.492 e. The number of aromatic nitrogens is 4. The molecule has 0 unspecified atom stereocenters. The van der Waals surface area contributed by atoms with E-state index in [4.69, 9.17) is 16.3 Å². The van der Waals surface area contributed by atoms with Crippen LogP contribution in [0.4, 0.5) is 4.39 Å². The second-order valence-corrected chi connectivity index (χ2v) is 4.96. The molecule has 5 nitrogen and oxygen atoms in total. The van der Waals surface area contributed by atoms with Crippen LogP contribution in [0.3, 0.4) is 0 Å². The van der Waals surface area contributed by atoms with Gasteiger partial charge in [-0.25, -0.2) is 4.39 Å². The summed E-state index contributed by atoms with van der Waals surface area (Å²) in [5.41, 5.74) is 0.585. The van der Waals surface area contributed by atoms with Gasteiger partial charge in [0.1, 0.15) is 18.2 Å². The van der Waals surface area contributed by atoms with E-state index in [9.17, 15) is 4.39 Å². The first kappa shape index (κ1) is 14.5. The molecule has 22 heavy (non-hydrogen) atoms. The summed E-state index contributed by atoms with van der Waals surface area (Å²) in [6.45, 7) is 0.800. The predicted molar refractivity (Wildman–Crippen MR) is 80.2 cm³/mol. The number of benzene rings is 2. The quantitative estimate of drug-likeness (QED) is 0.725. The van der Waals surface area contributed by atoms with Crippen LogP contribution in [0.5, 0.6) is 5.75 Å². The molecule has 0 spiro atoms. The Balaban J connectivity index is 1.60. The van der Waals surface area contributed by atoms with Crippen molar-refractivity contribution in [2.24, 2.45) is 0 Å². The Morgan fingerprint density at radius 1 is 1.14 bits per heavy atom. The molecule has 2 aromatic carbocycles. The van der Waals surface area contributed by atoms with Crippen LogP contribution in [0.25, 0.3) is 11.4 Å². The lowest BCUT2D eigenvalue weighted by atomic mass is 10.2. The number of nitrogens with zero attached hydrogens (tertiary/aromatic N) is 4. The van der Waals surface area contributed by atoms with Crippen molar-refractivity contribution in [1.82, 2.24) is 20.2 Å². The smallest absolute Gasteiger partial charge is 0.205 e. The summed E-state index contributed by atoms with van der Waals surface area (Å²) in [5, 5.41) is 12.6. The SMILES string of the molecule is Fc1cccc(-c2nnn(CCOc3cccc(Cl)c3)n2)c1. The molecule has 0 bridgehead atoms. The minimum Gasteiger partial charge on any atom is -0.492 e. The molecule has 3 rings (SSSR count). The van der Waals surface area contributed by atoms with Crippen molar-refractivity contribution in [3.05, 3.63) is 59.4 Å². The van der Waals surface area contributed by atoms with Crippen LogP contribution >= 0.6 is 11.6 Å². The number of ether oxygens (including phenoxy) is 1. The van der Waals surface area contributed by atoms with Gasteiger partial charge in [0.25, 0.3) is 0 Å². The monoisotopic (exact) mass is 318 g/mol. The van der Waals surface area contributed by atoms with Crippen LogP contribution in [0, 0.1) is 5.82 Å². The van der Waals surface area contributed by atoms with Crippen LogP contribution in [0.2, 0.25) is 5.02 Å². The topological polar surface area (TPSA) is 52.8 Å². The van der Waals surface area contributed by atoms with Gasteiger partial charge in [-0.15, -0.1) is 10.2 Å². The molecule has 0 aliphatic carbocycles. The van der Waals surface area contributed by atoms with Gasteiger partial charge in [0.2, 0.25) is 5.82 Å². The van der Waals surface area contributed by atoms with Crippen molar-refractivity contribution in [2.45, 2.75) is 6.54 Å². The molecule has 1 heterocycles. The maximum atomic E-state index is 13.2. The fourth-order valence-electron chi connectivity index (χ4n) is 1.88. The highest BCUT2D eigenvalue weighted by atomic mass is 35.5. The number of hydrogen-bond donors (Lipinski definition) is 0. The van der Waals surface area contributed by atoms with Crippen molar-refractivity contribution >= 4 is 11.6 Å². The van der Waals surface area contributed by atoms with Gasteiger partial charge in [0.05, 0.1) is 6.54 Å². The average molecular weight is 319 g/mol. The summed E-state index contributed by atoms with van der Waals surface area (Å²) in [7, 11) is 0. The van der Waals surface area contributed by atoms with Gasteiger partial charge in [-0.1, -0.05) is 29.8 Å². The van der Waals surface area contributed by atoms with Crippen molar-refractivity contribution < 1.29 is 9.13 Å². The molecular weight excluding hydrogens is 307 g/mol. The van der Waals surface area contributed by atoms with E-state index in [1.165, 1.54) is 16.9 Å². The second kappa shape index (κ2) is 6.53. The van der Waals surface area contributed by atoms with Crippen molar-refractivity contribution in [3.63, 3.8) is 0 Å². The Morgan fingerprint density at radius 2 is 2.00 bits per heavy atom. The second-order valence-electron chi connectivity index (χ2n) is 4.53. The third kappa shape index (κ3) is 3.59. The van der Waals surface area contributed by atoms with Crippen LogP contribution < -0.4 is 4.74 Å². The highest BCUT2D eigenvalue weighted by Gasteiger charge is 2.06. The fraction of sp³-hybridized carbons (Fsp3) is 0.133. The first-order valence-corrected chi connectivity index (χ1v) is 7.00. The number of tetrazole rings is 1. The Hall–Kier alpha value is -2.47. The van der Waals surface area contributed by atoms with Gasteiger partial charge >= 0.3 is 0 Å². The van der Waals surface area contributed by atoms with Crippen LogP contribution in [-0.4, -0.2) is 26.8 Å². The summed E-state index contributed by atoms with van der Waals surface area (Å²) < 4.78 is 18.7. The van der Waals surface area contributed by atoms with E-state index in [0.717, 1.165) is 0 Å². The maximum Gasteiger partial charge on any atom is 0.205 e. The summed E-state index contributed by atoms with van der Waals surface area (Å²) in [4.78, 5) is 1.41. The van der Waals surface area contributed by atoms with E-state index in [0.29, 0.717) is 35.3 Å². The Morgan fingerprint density at radius 3 is 2.82 bits per heavy atom. The zero-order valence-corrected chi connectivity index (χ0v) is 12.2. The van der Waals surface area contributed by atoms with Crippen LogP contribution in [0.15, 0.2) is 48.5 Å². The normalized spacial score (nSPS) is 10.6. The zero-order valence-electron chi connectivity index (χ0n) is 11.5. The molecule has 7 heteroatoms. The Kier molecular flexibility index (Phi) is 4.29. The molecular formula is C15H12ClFN4O. The highest BCUT2D eigenvalue weighted by Crippen LogP contribution is 2.17. The molecule has 0 saturated heterocycles. The minimum absolute atomic E-state index is 0.335. The van der Waals surface area contributed by atoms with Crippen molar-refractivity contribution in [3.8, 4) is 17.1 Å². The first-order chi connectivity index (χ1) is 10.7. The molecule has 3 aromatic rings. The lowest BCUT2D eigenvalue weighted by Gasteiger charge is -2.05. The molecule has 0 radical (unpaired) electrons. The molecule has 0 saturated carbocycles.